The lowest BCUT2D eigenvalue weighted by Crippen LogP contribution is -2.40. The van der Waals surface area contributed by atoms with E-state index >= 15 is 0 Å². The first kappa shape index (κ1) is 27.0. The van der Waals surface area contributed by atoms with Gasteiger partial charge in [-0.2, -0.15) is 0 Å². The minimum Gasteiger partial charge on any atom is -0.492 e. The van der Waals surface area contributed by atoms with Crippen molar-refractivity contribution in [3.63, 3.8) is 0 Å². The molecule has 0 amide bonds. The molecule has 2 N–H and O–H groups in total. The first-order valence-electron chi connectivity index (χ1n) is 13.4. The van der Waals surface area contributed by atoms with Crippen molar-refractivity contribution in [2.75, 3.05) is 70.6 Å². The lowest BCUT2D eigenvalue weighted by Gasteiger charge is -2.35. The largest absolute Gasteiger partial charge is 0.492 e. The van der Waals surface area contributed by atoms with Gasteiger partial charge in [-0.15, -0.1) is 0 Å². The van der Waals surface area contributed by atoms with Gasteiger partial charge < -0.3 is 24.6 Å². The molecule has 0 aliphatic carbocycles. The number of hydrogen-bond acceptors (Lipinski definition) is 8. The Labute approximate surface area is 229 Å². The number of aliphatic hydroxyl groups excluding tert-OH is 2. The maximum atomic E-state index is 11.2. The Balaban J connectivity index is 1.17. The molecule has 1 atom stereocenters. The fourth-order valence-corrected chi connectivity index (χ4v) is 6.08. The van der Waals surface area contributed by atoms with Crippen LogP contribution in [0.15, 0.2) is 82.6 Å². The average Bonchev–Trinajstić information content (AvgIpc) is 2.94. The summed E-state index contributed by atoms with van der Waals surface area (Å²) in [6, 6.07) is 24.8. The normalized spacial score (nSPS) is 16.2. The van der Waals surface area contributed by atoms with E-state index in [0.29, 0.717) is 32.8 Å². The molecule has 38 heavy (non-hydrogen) atoms. The van der Waals surface area contributed by atoms with Crippen molar-refractivity contribution in [3.8, 4) is 5.75 Å². The Morgan fingerprint density at radius 1 is 0.921 bits per heavy atom. The van der Waals surface area contributed by atoms with Crippen molar-refractivity contribution >= 4 is 23.1 Å². The predicted molar refractivity (Wildman–Crippen MR) is 152 cm³/mol. The third-order valence-electron chi connectivity index (χ3n) is 6.92. The van der Waals surface area contributed by atoms with Gasteiger partial charge in [0.1, 0.15) is 12.4 Å². The van der Waals surface area contributed by atoms with Crippen molar-refractivity contribution in [3.05, 3.63) is 78.4 Å². The molecule has 0 aromatic heterocycles. The van der Waals surface area contributed by atoms with Crippen LogP contribution in [0.3, 0.4) is 0 Å². The fourth-order valence-electron chi connectivity index (χ4n) is 4.99. The molecule has 0 saturated carbocycles. The first-order chi connectivity index (χ1) is 18.7. The molecule has 1 unspecified atom stereocenters. The zero-order valence-electron chi connectivity index (χ0n) is 21.7. The van der Waals surface area contributed by atoms with Crippen LogP contribution in [0.4, 0.5) is 11.4 Å². The van der Waals surface area contributed by atoms with E-state index in [1.807, 2.05) is 24.3 Å². The second kappa shape index (κ2) is 13.5. The number of hydrogen-bond donors (Lipinski definition) is 2. The van der Waals surface area contributed by atoms with Crippen LogP contribution in [-0.2, 0) is 11.3 Å². The maximum absolute atomic E-state index is 11.2. The van der Waals surface area contributed by atoms with Crippen LogP contribution in [0.5, 0.6) is 5.75 Å². The van der Waals surface area contributed by atoms with Gasteiger partial charge in [-0.3, -0.25) is 9.80 Å². The van der Waals surface area contributed by atoms with E-state index in [4.69, 9.17) is 9.47 Å². The summed E-state index contributed by atoms with van der Waals surface area (Å²) < 4.78 is 11.3. The molecule has 0 radical (unpaired) electrons. The zero-order chi connectivity index (χ0) is 26.2. The standard InChI is InChI=1S/C30H37N3O4S/c34-17-13-32(21-24-9-11-26(12-10-24)37-20-16-31-14-18-36-19-15-31)22-25(35)23-33-27-5-1-3-7-29(27)38-30-8-4-2-6-28(30)33/h1-12,25,34-35H,13-23H2. The van der Waals surface area contributed by atoms with E-state index in [1.165, 1.54) is 9.79 Å². The van der Waals surface area contributed by atoms with E-state index in [-0.39, 0.29) is 6.61 Å². The summed E-state index contributed by atoms with van der Waals surface area (Å²) in [5, 5.41) is 20.9. The van der Waals surface area contributed by atoms with Crippen LogP contribution < -0.4 is 9.64 Å². The molecule has 202 valence electrons. The van der Waals surface area contributed by atoms with Gasteiger partial charge in [-0.25, -0.2) is 0 Å². The van der Waals surface area contributed by atoms with Crippen LogP contribution in [0.2, 0.25) is 0 Å². The highest BCUT2D eigenvalue weighted by atomic mass is 32.2. The van der Waals surface area contributed by atoms with Crippen molar-refractivity contribution in [2.24, 2.45) is 0 Å². The van der Waals surface area contributed by atoms with Crippen molar-refractivity contribution in [1.82, 2.24) is 9.80 Å². The van der Waals surface area contributed by atoms with Crippen LogP contribution in [0.1, 0.15) is 5.56 Å². The summed E-state index contributed by atoms with van der Waals surface area (Å²) in [5.74, 6) is 0.857. The van der Waals surface area contributed by atoms with E-state index in [1.54, 1.807) is 11.8 Å². The molecule has 2 aliphatic heterocycles. The minimum atomic E-state index is -0.589. The van der Waals surface area contributed by atoms with Gasteiger partial charge in [0.05, 0.1) is 43.8 Å². The zero-order valence-corrected chi connectivity index (χ0v) is 22.6. The van der Waals surface area contributed by atoms with Crippen molar-refractivity contribution < 1.29 is 19.7 Å². The summed E-state index contributed by atoms with van der Waals surface area (Å²) in [6.07, 6.45) is -0.589. The fraction of sp³-hybridized carbons (Fsp3) is 0.400. The summed E-state index contributed by atoms with van der Waals surface area (Å²) >= 11 is 1.77. The Hall–Kier alpha value is -2.59. The molecule has 1 saturated heterocycles. The Morgan fingerprint density at radius 3 is 2.24 bits per heavy atom. The molecular formula is C30H37N3O4S. The van der Waals surface area contributed by atoms with Gasteiger partial charge in [0.25, 0.3) is 0 Å². The van der Waals surface area contributed by atoms with Gasteiger partial charge in [-0.05, 0) is 42.0 Å². The number of para-hydroxylation sites is 2. The highest BCUT2D eigenvalue weighted by molar-refractivity contribution is 7.99. The second-order valence-corrected chi connectivity index (χ2v) is 10.8. The van der Waals surface area contributed by atoms with Crippen molar-refractivity contribution in [1.29, 1.82) is 0 Å². The topological polar surface area (TPSA) is 68.6 Å². The van der Waals surface area contributed by atoms with E-state index < -0.39 is 6.10 Å². The molecule has 2 aliphatic rings. The third kappa shape index (κ3) is 7.08. The summed E-state index contributed by atoms with van der Waals surface area (Å²) in [7, 11) is 0. The molecule has 5 rings (SSSR count). The lowest BCUT2D eigenvalue weighted by atomic mass is 10.1. The summed E-state index contributed by atoms with van der Waals surface area (Å²) in [4.78, 5) is 9.06. The number of aliphatic hydroxyl groups is 2. The number of rotatable bonds is 12. The van der Waals surface area contributed by atoms with Gasteiger partial charge in [0.15, 0.2) is 0 Å². The highest BCUT2D eigenvalue weighted by Gasteiger charge is 2.25. The molecule has 3 aromatic rings. The first-order valence-corrected chi connectivity index (χ1v) is 14.2. The SMILES string of the molecule is OCCN(Cc1ccc(OCCN2CCOCC2)cc1)CC(O)CN1c2ccccc2Sc2ccccc21. The Bertz CT molecular complexity index is 1110. The number of fused-ring (bicyclic) bond motifs is 2. The van der Waals surface area contributed by atoms with Gasteiger partial charge in [0.2, 0.25) is 0 Å². The van der Waals surface area contributed by atoms with Crippen LogP contribution >= 0.6 is 11.8 Å². The quantitative estimate of drug-likeness (QED) is 0.363. The Kier molecular flexibility index (Phi) is 9.57. The van der Waals surface area contributed by atoms with E-state index in [2.05, 4.69) is 63.2 Å². The number of nitrogens with zero attached hydrogens (tertiary/aromatic N) is 3. The third-order valence-corrected chi connectivity index (χ3v) is 8.05. The molecular weight excluding hydrogens is 498 g/mol. The van der Waals surface area contributed by atoms with E-state index in [0.717, 1.165) is 55.5 Å². The molecule has 8 heteroatoms. The predicted octanol–water partition coefficient (Wildman–Crippen LogP) is 3.86. The molecule has 1 fully saturated rings. The van der Waals surface area contributed by atoms with E-state index in [9.17, 15) is 10.2 Å². The second-order valence-electron chi connectivity index (χ2n) is 9.71. The van der Waals surface area contributed by atoms with Crippen LogP contribution in [0, 0.1) is 0 Å². The number of β-amino-alcohol motifs (C(OH)–C–C–N with tert-alkyl or cyclic N) is 1. The summed E-state index contributed by atoms with van der Waals surface area (Å²) in [5.41, 5.74) is 3.36. The maximum Gasteiger partial charge on any atom is 0.119 e. The number of anilines is 2. The number of morpholine rings is 1. The number of benzene rings is 3. The van der Waals surface area contributed by atoms with Crippen molar-refractivity contribution in [2.45, 2.75) is 22.4 Å². The summed E-state index contributed by atoms with van der Waals surface area (Å²) in [6.45, 7) is 7.21. The van der Waals surface area contributed by atoms with Gasteiger partial charge >= 0.3 is 0 Å². The lowest BCUT2D eigenvalue weighted by molar-refractivity contribution is 0.0322. The van der Waals surface area contributed by atoms with Gasteiger partial charge in [0, 0.05) is 49.1 Å². The average molecular weight is 536 g/mol. The Morgan fingerprint density at radius 2 is 1.58 bits per heavy atom. The molecule has 0 bridgehead atoms. The molecule has 3 aromatic carbocycles. The molecule has 0 spiro atoms. The molecule has 7 nitrogen and oxygen atoms in total. The van der Waals surface area contributed by atoms with Gasteiger partial charge in [-0.1, -0.05) is 48.2 Å². The number of ether oxygens (including phenoxy) is 2. The minimum absolute atomic E-state index is 0.0431. The highest BCUT2D eigenvalue weighted by Crippen LogP contribution is 2.47. The smallest absolute Gasteiger partial charge is 0.119 e. The molecule has 2 heterocycles. The van der Waals surface area contributed by atoms with Crippen LogP contribution in [0.25, 0.3) is 0 Å². The van der Waals surface area contributed by atoms with Crippen LogP contribution in [-0.4, -0.2) is 91.8 Å². The monoisotopic (exact) mass is 535 g/mol.